The Morgan fingerprint density at radius 1 is 1.15 bits per heavy atom. The fourth-order valence-corrected chi connectivity index (χ4v) is 4.30. The van der Waals surface area contributed by atoms with E-state index in [0.717, 1.165) is 17.7 Å². The van der Waals surface area contributed by atoms with Crippen LogP contribution in [0.5, 0.6) is 0 Å². The van der Waals surface area contributed by atoms with Gasteiger partial charge in [-0.3, -0.25) is 14.5 Å². The second-order valence-corrected chi connectivity index (χ2v) is 8.11. The predicted octanol–water partition coefficient (Wildman–Crippen LogP) is 2.36. The van der Waals surface area contributed by atoms with Crippen LogP contribution in [0.25, 0.3) is 11.1 Å². The van der Waals surface area contributed by atoms with Crippen molar-refractivity contribution >= 4 is 38.4 Å². The number of carbonyl (C=O) groups is 1. The highest BCUT2D eigenvalue weighted by Gasteiger charge is 2.23. The van der Waals surface area contributed by atoms with Crippen LogP contribution in [0, 0.1) is 6.92 Å². The Labute approximate surface area is 154 Å². The van der Waals surface area contributed by atoms with Gasteiger partial charge in [0.2, 0.25) is 5.91 Å². The van der Waals surface area contributed by atoms with Crippen LogP contribution in [0.4, 0.5) is 11.4 Å². The van der Waals surface area contributed by atoms with E-state index < -0.39 is 15.8 Å². The molecule has 1 aliphatic heterocycles. The van der Waals surface area contributed by atoms with Crippen molar-refractivity contribution in [1.29, 1.82) is 0 Å². The number of aryl methyl sites for hydroxylation is 1. The summed E-state index contributed by atoms with van der Waals surface area (Å²) in [5.41, 5.74) is 2.57. The van der Waals surface area contributed by atoms with Crippen molar-refractivity contribution in [3.8, 4) is 0 Å². The van der Waals surface area contributed by atoms with Gasteiger partial charge in [-0.25, -0.2) is 13.2 Å². The molecule has 0 radical (unpaired) electrons. The Bertz CT molecular complexity index is 1210. The minimum Gasteiger partial charge on any atom is -0.408 e. The summed E-state index contributed by atoms with van der Waals surface area (Å²) >= 11 is 0. The quantitative estimate of drug-likeness (QED) is 0.714. The third-order valence-electron chi connectivity index (χ3n) is 4.52. The van der Waals surface area contributed by atoms with Gasteiger partial charge in [-0.1, -0.05) is 0 Å². The van der Waals surface area contributed by atoms with Crippen molar-refractivity contribution in [2.24, 2.45) is 0 Å². The summed E-state index contributed by atoms with van der Waals surface area (Å²) in [5, 5.41) is 0. The number of oxazole rings is 1. The van der Waals surface area contributed by atoms with Crippen molar-refractivity contribution in [2.75, 3.05) is 16.2 Å². The number of rotatable bonds is 4. The summed E-state index contributed by atoms with van der Waals surface area (Å²) in [6.07, 6.45) is 1.36. The first-order valence-electron chi connectivity index (χ1n) is 8.40. The van der Waals surface area contributed by atoms with Gasteiger partial charge in [-0.05, 0) is 49.2 Å². The number of H-pyrrole nitrogens is 1. The van der Waals surface area contributed by atoms with E-state index in [1.54, 1.807) is 23.1 Å². The molecular weight excluding hydrogens is 370 g/mol. The normalized spacial score (nSPS) is 14.9. The van der Waals surface area contributed by atoms with Crippen LogP contribution >= 0.6 is 0 Å². The SMILES string of the molecule is Cc1cc(NS(=O)(=O)c2ccc3[nH]c(=O)oc3c2)ccc1N1CCCC1=O. The Balaban J connectivity index is 1.62. The second kappa shape index (κ2) is 6.27. The van der Waals surface area contributed by atoms with E-state index in [0.29, 0.717) is 24.2 Å². The van der Waals surface area contributed by atoms with Crippen LogP contribution in [-0.2, 0) is 14.8 Å². The summed E-state index contributed by atoms with van der Waals surface area (Å²) in [5.74, 6) is -0.567. The molecule has 2 N–H and O–H groups in total. The van der Waals surface area contributed by atoms with E-state index in [2.05, 4.69) is 9.71 Å². The highest BCUT2D eigenvalue weighted by molar-refractivity contribution is 7.92. The fourth-order valence-electron chi connectivity index (χ4n) is 3.23. The molecule has 0 spiro atoms. The molecular formula is C18H17N3O5S. The van der Waals surface area contributed by atoms with Crippen LogP contribution in [0.3, 0.4) is 0 Å². The summed E-state index contributed by atoms with van der Waals surface area (Å²) in [6.45, 7) is 2.51. The van der Waals surface area contributed by atoms with Crippen molar-refractivity contribution in [1.82, 2.24) is 4.98 Å². The zero-order valence-electron chi connectivity index (χ0n) is 14.5. The number of hydrogen-bond acceptors (Lipinski definition) is 5. The number of nitrogens with one attached hydrogen (secondary N) is 2. The first-order chi connectivity index (χ1) is 12.8. The largest absolute Gasteiger partial charge is 0.417 e. The lowest BCUT2D eigenvalue weighted by Gasteiger charge is -2.19. The average Bonchev–Trinajstić information content (AvgIpc) is 3.18. The molecule has 27 heavy (non-hydrogen) atoms. The van der Waals surface area contributed by atoms with Crippen LogP contribution in [-0.4, -0.2) is 25.9 Å². The highest BCUT2D eigenvalue weighted by atomic mass is 32.2. The molecule has 1 amide bonds. The van der Waals surface area contributed by atoms with E-state index in [1.807, 2.05) is 6.92 Å². The maximum Gasteiger partial charge on any atom is 0.417 e. The summed E-state index contributed by atoms with van der Waals surface area (Å²) in [4.78, 5) is 27.3. The predicted molar refractivity (Wildman–Crippen MR) is 100 cm³/mol. The number of benzene rings is 2. The molecule has 2 heterocycles. The summed E-state index contributed by atoms with van der Waals surface area (Å²) < 4.78 is 32.7. The molecule has 2 aromatic carbocycles. The number of aromatic amines is 1. The molecule has 8 nitrogen and oxygen atoms in total. The van der Waals surface area contributed by atoms with Crippen molar-refractivity contribution < 1.29 is 17.6 Å². The highest BCUT2D eigenvalue weighted by Crippen LogP contribution is 2.28. The van der Waals surface area contributed by atoms with Crippen LogP contribution in [0.15, 0.2) is 50.5 Å². The fraction of sp³-hybridized carbons (Fsp3) is 0.222. The molecule has 0 bridgehead atoms. The summed E-state index contributed by atoms with van der Waals surface area (Å²) in [7, 11) is -3.86. The smallest absolute Gasteiger partial charge is 0.408 e. The molecule has 0 aliphatic carbocycles. The number of anilines is 2. The number of nitrogens with zero attached hydrogens (tertiary/aromatic N) is 1. The lowest BCUT2D eigenvalue weighted by Crippen LogP contribution is -2.24. The Kier molecular flexibility index (Phi) is 4.03. The van der Waals surface area contributed by atoms with E-state index in [-0.39, 0.29) is 16.4 Å². The van der Waals surface area contributed by atoms with Gasteiger partial charge in [0.1, 0.15) is 0 Å². The van der Waals surface area contributed by atoms with E-state index in [4.69, 9.17) is 4.42 Å². The lowest BCUT2D eigenvalue weighted by atomic mass is 10.1. The first kappa shape index (κ1) is 17.3. The molecule has 1 aliphatic rings. The molecule has 0 atom stereocenters. The standard InChI is InChI=1S/C18H17N3O5S/c1-11-9-12(4-7-15(11)21-8-2-3-17(21)22)20-27(24,25)13-5-6-14-16(10-13)26-18(23)19-14/h4-7,9-10,20H,2-3,8H2,1H3,(H,19,23). The number of amides is 1. The number of hydrogen-bond donors (Lipinski definition) is 2. The van der Waals surface area contributed by atoms with Gasteiger partial charge in [0.25, 0.3) is 10.0 Å². The maximum atomic E-state index is 12.7. The Morgan fingerprint density at radius 3 is 2.67 bits per heavy atom. The first-order valence-corrected chi connectivity index (χ1v) is 9.88. The third-order valence-corrected chi connectivity index (χ3v) is 5.89. The zero-order chi connectivity index (χ0) is 19.2. The number of fused-ring (bicyclic) bond motifs is 1. The molecule has 0 unspecified atom stereocenters. The lowest BCUT2D eigenvalue weighted by molar-refractivity contribution is -0.117. The maximum absolute atomic E-state index is 12.7. The number of aromatic nitrogens is 1. The molecule has 1 fully saturated rings. The monoisotopic (exact) mass is 387 g/mol. The van der Waals surface area contributed by atoms with Crippen LogP contribution in [0.1, 0.15) is 18.4 Å². The number of sulfonamides is 1. The molecule has 1 aromatic heterocycles. The van der Waals surface area contributed by atoms with E-state index >= 15 is 0 Å². The Hall–Kier alpha value is -3.07. The molecule has 140 valence electrons. The second-order valence-electron chi connectivity index (χ2n) is 6.43. The van der Waals surface area contributed by atoms with Crippen LogP contribution < -0.4 is 15.4 Å². The minimum absolute atomic E-state index is 0.0193. The van der Waals surface area contributed by atoms with Crippen LogP contribution in [0.2, 0.25) is 0 Å². The molecule has 1 saturated heterocycles. The van der Waals surface area contributed by atoms with Gasteiger partial charge in [0, 0.05) is 30.4 Å². The number of carbonyl (C=O) groups excluding carboxylic acids is 1. The van der Waals surface area contributed by atoms with Gasteiger partial charge in [-0.15, -0.1) is 0 Å². The van der Waals surface area contributed by atoms with Gasteiger partial charge in [-0.2, -0.15) is 0 Å². The Morgan fingerprint density at radius 2 is 1.96 bits per heavy atom. The van der Waals surface area contributed by atoms with Crippen molar-refractivity contribution in [3.05, 3.63) is 52.5 Å². The molecule has 9 heteroatoms. The molecule has 4 rings (SSSR count). The van der Waals surface area contributed by atoms with E-state index in [9.17, 15) is 18.0 Å². The zero-order valence-corrected chi connectivity index (χ0v) is 15.3. The van der Waals surface area contributed by atoms with Gasteiger partial charge < -0.3 is 9.32 Å². The topological polar surface area (TPSA) is 112 Å². The molecule has 3 aromatic rings. The third kappa shape index (κ3) is 3.21. The van der Waals surface area contributed by atoms with Gasteiger partial charge >= 0.3 is 5.76 Å². The summed E-state index contributed by atoms with van der Waals surface area (Å²) in [6, 6.07) is 9.21. The molecule has 0 saturated carbocycles. The minimum atomic E-state index is -3.86. The van der Waals surface area contributed by atoms with Gasteiger partial charge in [0.15, 0.2) is 5.58 Å². The van der Waals surface area contributed by atoms with Crippen molar-refractivity contribution in [2.45, 2.75) is 24.7 Å². The average molecular weight is 387 g/mol. The van der Waals surface area contributed by atoms with E-state index in [1.165, 1.54) is 18.2 Å². The van der Waals surface area contributed by atoms with Crippen molar-refractivity contribution in [3.63, 3.8) is 0 Å². The van der Waals surface area contributed by atoms with Gasteiger partial charge in [0.05, 0.1) is 10.4 Å².